The van der Waals surface area contributed by atoms with Crippen LogP contribution in [0.2, 0.25) is 0 Å². The van der Waals surface area contributed by atoms with E-state index in [9.17, 15) is 12.8 Å². The highest BCUT2D eigenvalue weighted by molar-refractivity contribution is 7.90. The van der Waals surface area contributed by atoms with E-state index in [0.29, 0.717) is 12.1 Å². The van der Waals surface area contributed by atoms with E-state index in [0.717, 1.165) is 26.2 Å². The van der Waals surface area contributed by atoms with Crippen LogP contribution in [0, 0.1) is 5.82 Å². The molecule has 0 aromatic heterocycles. The first-order chi connectivity index (χ1) is 9.05. The first-order valence-corrected chi connectivity index (χ1v) is 8.47. The van der Waals surface area contributed by atoms with E-state index >= 15 is 0 Å². The number of sulfone groups is 1. The van der Waals surface area contributed by atoms with Crippen molar-refractivity contribution in [3.63, 3.8) is 0 Å². The molecule has 19 heavy (non-hydrogen) atoms. The van der Waals surface area contributed by atoms with Crippen LogP contribution >= 0.6 is 0 Å². The van der Waals surface area contributed by atoms with Crippen LogP contribution in [-0.4, -0.2) is 46.9 Å². The third-order valence-corrected chi connectivity index (χ3v) is 5.07. The molecule has 0 amide bonds. The second kappa shape index (κ2) is 6.45. The summed E-state index contributed by atoms with van der Waals surface area (Å²) < 4.78 is 36.8. The third kappa shape index (κ3) is 4.89. The van der Waals surface area contributed by atoms with Gasteiger partial charge in [-0.3, -0.25) is 0 Å². The molecule has 3 N–H and O–H groups in total. The van der Waals surface area contributed by atoms with Crippen molar-refractivity contribution in [3.8, 4) is 0 Å². The van der Waals surface area contributed by atoms with Crippen LogP contribution in [0.5, 0.6) is 0 Å². The number of quaternary nitrogens is 2. The summed E-state index contributed by atoms with van der Waals surface area (Å²) in [6.45, 7) is 4.90. The second-order valence-electron chi connectivity index (χ2n) is 5.08. The lowest BCUT2D eigenvalue weighted by atomic mass is 10.2. The summed E-state index contributed by atoms with van der Waals surface area (Å²) in [5.74, 6) is -0.123. The first-order valence-electron chi connectivity index (χ1n) is 6.65. The number of nitrogens with two attached hydrogens (primary N) is 1. The Bertz CT molecular complexity index is 496. The zero-order valence-corrected chi connectivity index (χ0v) is 11.8. The third-order valence-electron chi connectivity index (χ3n) is 3.47. The van der Waals surface area contributed by atoms with Gasteiger partial charge in [-0.2, -0.15) is 0 Å². The average molecular weight is 288 g/mol. The van der Waals surface area contributed by atoms with Crippen molar-refractivity contribution in [1.82, 2.24) is 0 Å². The molecule has 0 bridgehead atoms. The van der Waals surface area contributed by atoms with Gasteiger partial charge in [0.1, 0.15) is 32.0 Å². The van der Waals surface area contributed by atoms with Crippen molar-refractivity contribution < 1.29 is 23.0 Å². The van der Waals surface area contributed by atoms with Gasteiger partial charge in [-0.1, -0.05) is 12.1 Å². The molecule has 2 rings (SSSR count). The highest BCUT2D eigenvalue weighted by Crippen LogP contribution is 2.07. The van der Waals surface area contributed by atoms with Gasteiger partial charge in [-0.25, -0.2) is 12.8 Å². The lowest BCUT2D eigenvalue weighted by Crippen LogP contribution is -3.20. The van der Waals surface area contributed by atoms with Gasteiger partial charge in [-0.15, -0.1) is 0 Å². The number of rotatable bonds is 5. The van der Waals surface area contributed by atoms with E-state index < -0.39 is 9.84 Å². The molecule has 4 nitrogen and oxygen atoms in total. The number of halogens is 1. The fourth-order valence-electron chi connectivity index (χ4n) is 2.34. The average Bonchev–Trinajstić information content (AvgIpc) is 2.40. The van der Waals surface area contributed by atoms with E-state index in [2.05, 4.69) is 5.32 Å². The standard InChI is InChI=1S/C13H19FN2O2S/c14-13-3-1-12(2-4-13)11-19(17,18)10-9-16-7-5-15-6-8-16/h1-4,15H,5-11H2/p+2. The van der Waals surface area contributed by atoms with Crippen LogP contribution < -0.4 is 10.2 Å². The maximum absolute atomic E-state index is 12.8. The number of hydrogen-bond acceptors (Lipinski definition) is 2. The van der Waals surface area contributed by atoms with E-state index in [4.69, 9.17) is 0 Å². The highest BCUT2D eigenvalue weighted by atomic mass is 32.2. The van der Waals surface area contributed by atoms with Gasteiger partial charge in [0.15, 0.2) is 9.84 Å². The van der Waals surface area contributed by atoms with Crippen molar-refractivity contribution >= 4 is 9.84 Å². The SMILES string of the molecule is O=S(=O)(CC[NH+]1CC[NH2+]CC1)Cc1ccc(F)cc1. The van der Waals surface area contributed by atoms with E-state index in [1.165, 1.54) is 29.2 Å². The van der Waals surface area contributed by atoms with Crippen molar-refractivity contribution in [2.45, 2.75) is 5.75 Å². The Labute approximate surface area is 113 Å². The summed E-state index contributed by atoms with van der Waals surface area (Å²) in [5, 5.41) is 2.26. The molecule has 0 saturated carbocycles. The predicted molar refractivity (Wildman–Crippen MR) is 71.1 cm³/mol. The second-order valence-corrected chi connectivity index (χ2v) is 7.27. The molecular formula is C13H21FN2O2S+2. The molecule has 1 aliphatic rings. The molecule has 0 spiro atoms. The number of nitrogens with one attached hydrogen (secondary N) is 1. The summed E-state index contributed by atoms with van der Waals surface area (Å²) >= 11 is 0. The van der Waals surface area contributed by atoms with Gasteiger partial charge in [0.05, 0.1) is 18.1 Å². The normalized spacial score (nSPS) is 17.5. The Morgan fingerprint density at radius 2 is 1.79 bits per heavy atom. The van der Waals surface area contributed by atoms with Gasteiger partial charge in [0.25, 0.3) is 0 Å². The largest absolute Gasteiger partial charge is 0.337 e. The topological polar surface area (TPSA) is 55.2 Å². The molecule has 0 aliphatic carbocycles. The predicted octanol–water partition coefficient (Wildman–Crippen LogP) is -1.80. The van der Waals surface area contributed by atoms with Gasteiger partial charge < -0.3 is 10.2 Å². The summed E-state index contributed by atoms with van der Waals surface area (Å²) in [5.41, 5.74) is 0.656. The first kappa shape index (κ1) is 14.4. The van der Waals surface area contributed by atoms with Gasteiger partial charge in [-0.05, 0) is 17.7 Å². The Hall–Kier alpha value is -0.980. The fraction of sp³-hybridized carbons (Fsp3) is 0.538. The van der Waals surface area contributed by atoms with Gasteiger partial charge in [0.2, 0.25) is 0 Å². The van der Waals surface area contributed by atoms with Crippen molar-refractivity contribution in [3.05, 3.63) is 35.6 Å². The smallest absolute Gasteiger partial charge is 0.159 e. The van der Waals surface area contributed by atoms with Gasteiger partial charge >= 0.3 is 0 Å². The summed E-state index contributed by atoms with van der Waals surface area (Å²) in [6.07, 6.45) is 0. The summed E-state index contributed by atoms with van der Waals surface area (Å²) in [4.78, 5) is 1.37. The van der Waals surface area contributed by atoms with E-state index in [1.54, 1.807) is 0 Å². The molecule has 1 aliphatic heterocycles. The molecule has 1 heterocycles. The zero-order valence-electron chi connectivity index (χ0n) is 10.9. The van der Waals surface area contributed by atoms with Crippen LogP contribution in [0.1, 0.15) is 5.56 Å². The molecule has 1 fully saturated rings. The number of hydrogen-bond donors (Lipinski definition) is 2. The Balaban J connectivity index is 1.85. The highest BCUT2D eigenvalue weighted by Gasteiger charge is 2.19. The molecule has 106 valence electrons. The van der Waals surface area contributed by atoms with Crippen LogP contribution in [-0.2, 0) is 15.6 Å². The number of benzene rings is 1. The maximum atomic E-state index is 12.8. The fourth-order valence-corrected chi connectivity index (χ4v) is 3.78. The minimum Gasteiger partial charge on any atom is -0.337 e. The summed E-state index contributed by atoms with van der Waals surface area (Å²) in [6, 6.07) is 5.68. The molecule has 0 unspecified atom stereocenters. The van der Waals surface area contributed by atoms with Crippen LogP contribution in [0.25, 0.3) is 0 Å². The lowest BCUT2D eigenvalue weighted by molar-refractivity contribution is -0.944. The maximum Gasteiger partial charge on any atom is 0.159 e. The lowest BCUT2D eigenvalue weighted by Gasteiger charge is -2.21. The monoisotopic (exact) mass is 288 g/mol. The zero-order chi connectivity index (χ0) is 13.7. The minimum absolute atomic E-state index is 0.00663. The van der Waals surface area contributed by atoms with Crippen molar-refractivity contribution in [1.29, 1.82) is 0 Å². The molecule has 6 heteroatoms. The molecular weight excluding hydrogens is 267 g/mol. The Morgan fingerprint density at radius 3 is 2.42 bits per heavy atom. The van der Waals surface area contributed by atoms with E-state index in [-0.39, 0.29) is 17.3 Å². The van der Waals surface area contributed by atoms with Gasteiger partial charge in [0, 0.05) is 0 Å². The molecule has 0 atom stereocenters. The molecule has 1 aromatic rings. The Morgan fingerprint density at radius 1 is 1.16 bits per heavy atom. The van der Waals surface area contributed by atoms with Crippen LogP contribution in [0.4, 0.5) is 4.39 Å². The quantitative estimate of drug-likeness (QED) is 0.672. The Kier molecular flexibility index (Phi) is 4.90. The van der Waals surface area contributed by atoms with E-state index in [1.807, 2.05) is 0 Å². The van der Waals surface area contributed by atoms with Crippen LogP contribution in [0.15, 0.2) is 24.3 Å². The molecule has 1 saturated heterocycles. The molecule has 0 radical (unpaired) electrons. The minimum atomic E-state index is -3.10. The van der Waals surface area contributed by atoms with Crippen LogP contribution in [0.3, 0.4) is 0 Å². The summed E-state index contributed by atoms with van der Waals surface area (Å²) in [7, 11) is -3.10. The number of piperazine rings is 1. The van der Waals surface area contributed by atoms with Crippen molar-refractivity contribution in [2.24, 2.45) is 0 Å². The van der Waals surface area contributed by atoms with Crippen molar-refractivity contribution in [2.75, 3.05) is 38.5 Å². The molecule has 1 aromatic carbocycles.